The first-order chi connectivity index (χ1) is 8.61. The largest absolute Gasteiger partial charge is 0.312 e. The Kier molecular flexibility index (Phi) is 4.17. The van der Waals surface area contributed by atoms with Crippen LogP contribution in [-0.4, -0.2) is 5.91 Å². The highest BCUT2D eigenvalue weighted by Crippen LogP contribution is 2.26. The number of nitriles is 1. The van der Waals surface area contributed by atoms with Crippen molar-refractivity contribution in [3.8, 4) is 6.07 Å². The molecule has 0 atom stereocenters. The van der Waals surface area contributed by atoms with Crippen LogP contribution in [0.3, 0.4) is 0 Å². The molecule has 0 radical (unpaired) electrons. The Labute approximate surface area is 125 Å². The van der Waals surface area contributed by atoms with Crippen LogP contribution in [0.5, 0.6) is 0 Å². The molecule has 6 heteroatoms. The Morgan fingerprint density at radius 3 is 2.83 bits per heavy atom. The fraction of sp³-hybridized carbons (Fsp3) is 0. The average molecular weight is 386 g/mol. The van der Waals surface area contributed by atoms with Gasteiger partial charge in [-0.25, -0.2) is 0 Å². The Hall–Kier alpha value is -1.16. The van der Waals surface area contributed by atoms with Crippen molar-refractivity contribution in [3.63, 3.8) is 0 Å². The van der Waals surface area contributed by atoms with Gasteiger partial charge in [-0.3, -0.25) is 4.79 Å². The molecule has 1 heterocycles. The summed E-state index contributed by atoms with van der Waals surface area (Å²) in [6, 6.07) is 9.06. The zero-order valence-electron chi connectivity index (χ0n) is 8.91. The lowest BCUT2D eigenvalue weighted by Gasteiger charge is -2.06. The van der Waals surface area contributed by atoms with Crippen molar-refractivity contribution >= 4 is 54.1 Å². The van der Waals surface area contributed by atoms with Gasteiger partial charge in [0.1, 0.15) is 11.1 Å². The maximum atomic E-state index is 12.1. The molecule has 0 spiro atoms. The van der Waals surface area contributed by atoms with E-state index in [0.29, 0.717) is 20.6 Å². The standard InChI is InChI=1S/C12H6Br2N2OS/c13-8-1-2-10(14)9(5-8)11(17)16-12-7(6-15)3-4-18-12/h1-5H,(H,16,17). The summed E-state index contributed by atoms with van der Waals surface area (Å²) in [6.45, 7) is 0. The van der Waals surface area contributed by atoms with E-state index in [1.807, 2.05) is 12.1 Å². The number of benzene rings is 1. The molecule has 0 aliphatic rings. The lowest BCUT2D eigenvalue weighted by atomic mass is 10.2. The number of thiophene rings is 1. The highest BCUT2D eigenvalue weighted by molar-refractivity contribution is 9.11. The maximum Gasteiger partial charge on any atom is 0.257 e. The number of carbonyl (C=O) groups excluding carboxylic acids is 1. The van der Waals surface area contributed by atoms with E-state index < -0.39 is 0 Å². The molecule has 0 aliphatic heterocycles. The quantitative estimate of drug-likeness (QED) is 0.832. The smallest absolute Gasteiger partial charge is 0.257 e. The van der Waals surface area contributed by atoms with Crippen molar-refractivity contribution in [2.45, 2.75) is 0 Å². The third-order valence-electron chi connectivity index (χ3n) is 2.19. The van der Waals surface area contributed by atoms with Gasteiger partial charge in [0.2, 0.25) is 0 Å². The average Bonchev–Trinajstić information content (AvgIpc) is 2.79. The van der Waals surface area contributed by atoms with Gasteiger partial charge in [0.15, 0.2) is 0 Å². The maximum absolute atomic E-state index is 12.1. The predicted molar refractivity (Wildman–Crippen MR) is 78.8 cm³/mol. The van der Waals surface area contributed by atoms with E-state index >= 15 is 0 Å². The second kappa shape index (κ2) is 5.65. The number of carbonyl (C=O) groups is 1. The van der Waals surface area contributed by atoms with Gasteiger partial charge in [0.05, 0.1) is 11.1 Å². The molecule has 1 aromatic carbocycles. The van der Waals surface area contributed by atoms with Gasteiger partial charge in [-0.15, -0.1) is 11.3 Å². The van der Waals surface area contributed by atoms with Gasteiger partial charge in [-0.1, -0.05) is 15.9 Å². The number of nitrogens with zero attached hydrogens (tertiary/aromatic N) is 1. The minimum atomic E-state index is -0.248. The van der Waals surface area contributed by atoms with Crippen molar-refractivity contribution in [1.82, 2.24) is 0 Å². The molecule has 0 unspecified atom stereocenters. The lowest BCUT2D eigenvalue weighted by molar-refractivity contribution is 0.102. The van der Waals surface area contributed by atoms with E-state index in [0.717, 1.165) is 4.47 Å². The first-order valence-electron chi connectivity index (χ1n) is 4.86. The third kappa shape index (κ3) is 2.80. The Morgan fingerprint density at radius 2 is 2.11 bits per heavy atom. The molecule has 1 amide bonds. The second-order valence-corrected chi connectivity index (χ2v) is 6.04. The molecule has 2 aromatic rings. The summed E-state index contributed by atoms with van der Waals surface area (Å²) in [6.07, 6.45) is 0. The van der Waals surface area contributed by atoms with Crippen molar-refractivity contribution in [2.24, 2.45) is 0 Å². The predicted octanol–water partition coefficient (Wildman–Crippen LogP) is 4.40. The molecule has 0 saturated carbocycles. The molecular formula is C12H6Br2N2OS. The van der Waals surface area contributed by atoms with Crippen molar-refractivity contribution in [3.05, 3.63) is 49.7 Å². The second-order valence-electron chi connectivity index (χ2n) is 3.35. The van der Waals surface area contributed by atoms with Crippen LogP contribution < -0.4 is 5.32 Å². The van der Waals surface area contributed by atoms with Crippen LogP contribution in [-0.2, 0) is 0 Å². The summed E-state index contributed by atoms with van der Waals surface area (Å²) in [4.78, 5) is 12.1. The third-order valence-corrected chi connectivity index (χ3v) is 4.20. The zero-order valence-corrected chi connectivity index (χ0v) is 12.9. The van der Waals surface area contributed by atoms with E-state index in [9.17, 15) is 4.79 Å². The van der Waals surface area contributed by atoms with E-state index in [1.165, 1.54) is 11.3 Å². The number of hydrogen-bond acceptors (Lipinski definition) is 3. The fourth-order valence-electron chi connectivity index (χ4n) is 1.34. The van der Waals surface area contributed by atoms with E-state index in [4.69, 9.17) is 5.26 Å². The number of halogens is 2. The highest BCUT2D eigenvalue weighted by atomic mass is 79.9. The minimum absolute atomic E-state index is 0.248. The van der Waals surface area contributed by atoms with Gasteiger partial charge in [-0.05, 0) is 45.6 Å². The topological polar surface area (TPSA) is 52.9 Å². The highest BCUT2D eigenvalue weighted by Gasteiger charge is 2.13. The van der Waals surface area contributed by atoms with Gasteiger partial charge < -0.3 is 5.32 Å². The molecule has 3 nitrogen and oxygen atoms in total. The van der Waals surface area contributed by atoms with Crippen LogP contribution in [0.25, 0.3) is 0 Å². The molecule has 1 aromatic heterocycles. The number of hydrogen-bond donors (Lipinski definition) is 1. The van der Waals surface area contributed by atoms with Crippen LogP contribution >= 0.6 is 43.2 Å². The molecular weight excluding hydrogens is 380 g/mol. The van der Waals surface area contributed by atoms with Crippen LogP contribution in [0, 0.1) is 11.3 Å². The van der Waals surface area contributed by atoms with Crippen LogP contribution in [0.1, 0.15) is 15.9 Å². The van der Waals surface area contributed by atoms with E-state index in [-0.39, 0.29) is 5.91 Å². The molecule has 0 saturated heterocycles. The van der Waals surface area contributed by atoms with Gasteiger partial charge in [0.25, 0.3) is 5.91 Å². The number of rotatable bonds is 2. The van der Waals surface area contributed by atoms with Gasteiger partial charge in [0, 0.05) is 8.95 Å². The normalized spacial score (nSPS) is 9.83. The van der Waals surface area contributed by atoms with Crippen molar-refractivity contribution in [2.75, 3.05) is 5.32 Å². The Morgan fingerprint density at radius 1 is 1.33 bits per heavy atom. The number of nitrogens with one attached hydrogen (secondary N) is 1. The molecule has 18 heavy (non-hydrogen) atoms. The molecule has 0 fully saturated rings. The summed E-state index contributed by atoms with van der Waals surface area (Å²) >= 11 is 7.97. The van der Waals surface area contributed by atoms with E-state index in [1.54, 1.807) is 23.6 Å². The zero-order chi connectivity index (χ0) is 13.1. The SMILES string of the molecule is N#Cc1ccsc1NC(=O)c1cc(Br)ccc1Br. The number of amides is 1. The summed E-state index contributed by atoms with van der Waals surface area (Å²) in [5.41, 5.74) is 0.987. The summed E-state index contributed by atoms with van der Waals surface area (Å²) in [7, 11) is 0. The Balaban J connectivity index is 2.28. The van der Waals surface area contributed by atoms with Crippen molar-refractivity contribution in [1.29, 1.82) is 5.26 Å². The van der Waals surface area contributed by atoms with Crippen molar-refractivity contribution < 1.29 is 4.79 Å². The van der Waals surface area contributed by atoms with Crippen LogP contribution in [0.4, 0.5) is 5.00 Å². The molecule has 2 rings (SSSR count). The van der Waals surface area contributed by atoms with Crippen LogP contribution in [0.15, 0.2) is 38.6 Å². The summed E-state index contributed by atoms with van der Waals surface area (Å²) in [5.74, 6) is -0.248. The molecule has 0 bridgehead atoms. The lowest BCUT2D eigenvalue weighted by Crippen LogP contribution is -2.12. The first-order valence-corrected chi connectivity index (χ1v) is 7.32. The number of anilines is 1. The van der Waals surface area contributed by atoms with Gasteiger partial charge >= 0.3 is 0 Å². The van der Waals surface area contributed by atoms with Gasteiger partial charge in [-0.2, -0.15) is 5.26 Å². The van der Waals surface area contributed by atoms with E-state index in [2.05, 4.69) is 37.2 Å². The minimum Gasteiger partial charge on any atom is -0.312 e. The molecule has 1 N–H and O–H groups in total. The van der Waals surface area contributed by atoms with Crippen LogP contribution in [0.2, 0.25) is 0 Å². The Bertz CT molecular complexity index is 646. The first kappa shape index (κ1) is 13.3. The molecule has 0 aliphatic carbocycles. The monoisotopic (exact) mass is 384 g/mol. The molecule has 90 valence electrons. The summed E-state index contributed by atoms with van der Waals surface area (Å²) in [5, 5.41) is 13.9. The summed E-state index contributed by atoms with van der Waals surface area (Å²) < 4.78 is 1.53. The fourth-order valence-corrected chi connectivity index (χ4v) is 2.86.